The first-order valence-corrected chi connectivity index (χ1v) is 10.4. The number of hydrogen-bond donors (Lipinski definition) is 2. The van der Waals surface area contributed by atoms with Gasteiger partial charge < -0.3 is 15.1 Å². The van der Waals surface area contributed by atoms with Crippen molar-refractivity contribution in [2.75, 3.05) is 36.4 Å². The third kappa shape index (κ3) is 6.05. The normalized spacial score (nSPS) is 13.9. The highest BCUT2D eigenvalue weighted by Gasteiger charge is 2.20. The number of thiocarbonyl (C=S) groups is 1. The first-order chi connectivity index (χ1) is 14.4. The molecule has 8 heteroatoms. The van der Waals surface area contributed by atoms with E-state index >= 15 is 0 Å². The molecule has 1 aliphatic heterocycles. The molecular formula is C22H23ClN4O2S. The minimum Gasteiger partial charge on any atom is -0.367 e. The van der Waals surface area contributed by atoms with Crippen LogP contribution in [0.5, 0.6) is 0 Å². The van der Waals surface area contributed by atoms with Crippen molar-refractivity contribution in [2.24, 2.45) is 0 Å². The fraction of sp³-hybridized carbons (Fsp3) is 0.227. The molecule has 1 heterocycles. The molecule has 156 valence electrons. The topological polar surface area (TPSA) is 64.7 Å². The van der Waals surface area contributed by atoms with Crippen LogP contribution in [-0.4, -0.2) is 48.0 Å². The summed E-state index contributed by atoms with van der Waals surface area (Å²) in [5.41, 5.74) is 2.52. The quantitative estimate of drug-likeness (QED) is 0.560. The Hall–Kier alpha value is -2.90. The molecule has 0 radical (unpaired) electrons. The number of carbonyl (C=O) groups excluding carboxylic acids is 2. The van der Waals surface area contributed by atoms with Crippen LogP contribution in [0.2, 0.25) is 5.02 Å². The van der Waals surface area contributed by atoms with Crippen molar-refractivity contribution >= 4 is 58.2 Å². The average Bonchev–Trinajstić information content (AvgIpc) is 2.73. The number of nitrogens with one attached hydrogen (secondary N) is 2. The molecule has 2 amide bonds. The van der Waals surface area contributed by atoms with Gasteiger partial charge in [-0.05, 0) is 42.1 Å². The number of rotatable bonds is 4. The molecule has 1 saturated heterocycles. The van der Waals surface area contributed by atoms with Crippen molar-refractivity contribution in [3.8, 4) is 0 Å². The number of amides is 2. The van der Waals surface area contributed by atoms with E-state index in [4.69, 9.17) is 23.8 Å². The highest BCUT2D eigenvalue weighted by Crippen LogP contribution is 2.29. The van der Waals surface area contributed by atoms with Crippen LogP contribution < -0.4 is 15.5 Å². The average molecular weight is 443 g/mol. The summed E-state index contributed by atoms with van der Waals surface area (Å²) in [6.45, 7) is 4.40. The fourth-order valence-electron chi connectivity index (χ4n) is 3.16. The van der Waals surface area contributed by atoms with E-state index in [1.807, 2.05) is 47.4 Å². The zero-order valence-corrected chi connectivity index (χ0v) is 18.2. The monoisotopic (exact) mass is 442 g/mol. The molecule has 1 fully saturated rings. The summed E-state index contributed by atoms with van der Waals surface area (Å²) < 4.78 is 0. The van der Waals surface area contributed by atoms with Crippen LogP contribution in [0.3, 0.4) is 0 Å². The van der Waals surface area contributed by atoms with E-state index in [-0.39, 0.29) is 16.9 Å². The number of benzene rings is 2. The Morgan fingerprint density at radius 1 is 1.07 bits per heavy atom. The highest BCUT2D eigenvalue weighted by molar-refractivity contribution is 7.80. The smallest absolute Gasteiger partial charge is 0.250 e. The number of halogens is 1. The maximum atomic E-state index is 12.0. The van der Waals surface area contributed by atoms with Gasteiger partial charge in [0.2, 0.25) is 11.8 Å². The zero-order chi connectivity index (χ0) is 21.5. The van der Waals surface area contributed by atoms with Gasteiger partial charge in [0.25, 0.3) is 0 Å². The molecule has 0 bridgehead atoms. The van der Waals surface area contributed by atoms with Gasteiger partial charge in [0, 0.05) is 44.9 Å². The lowest BCUT2D eigenvalue weighted by Gasteiger charge is -2.36. The lowest BCUT2D eigenvalue weighted by Crippen LogP contribution is -2.48. The maximum absolute atomic E-state index is 12.0. The van der Waals surface area contributed by atoms with Crippen LogP contribution in [0.1, 0.15) is 12.5 Å². The predicted octanol–water partition coefficient (Wildman–Crippen LogP) is 3.53. The van der Waals surface area contributed by atoms with Gasteiger partial charge in [-0.3, -0.25) is 14.9 Å². The number of nitrogens with zero attached hydrogens (tertiary/aromatic N) is 2. The van der Waals surface area contributed by atoms with Gasteiger partial charge in [0.15, 0.2) is 5.11 Å². The van der Waals surface area contributed by atoms with Crippen molar-refractivity contribution in [1.82, 2.24) is 10.2 Å². The van der Waals surface area contributed by atoms with Gasteiger partial charge in [0.05, 0.1) is 10.7 Å². The van der Waals surface area contributed by atoms with Crippen molar-refractivity contribution in [3.05, 3.63) is 65.2 Å². The number of piperazine rings is 1. The van der Waals surface area contributed by atoms with Crippen molar-refractivity contribution in [1.29, 1.82) is 0 Å². The Labute approximate surface area is 186 Å². The molecule has 30 heavy (non-hydrogen) atoms. The first kappa shape index (κ1) is 21.8. The molecule has 2 N–H and O–H groups in total. The Balaban J connectivity index is 1.54. The van der Waals surface area contributed by atoms with Crippen LogP contribution in [-0.2, 0) is 9.59 Å². The molecule has 0 unspecified atom stereocenters. The summed E-state index contributed by atoms with van der Waals surface area (Å²) in [5.74, 6) is -0.225. The summed E-state index contributed by atoms with van der Waals surface area (Å²) in [7, 11) is 0. The maximum Gasteiger partial charge on any atom is 0.250 e. The third-order valence-corrected chi connectivity index (χ3v) is 5.24. The first-order valence-electron chi connectivity index (χ1n) is 9.57. The van der Waals surface area contributed by atoms with E-state index < -0.39 is 0 Å². The van der Waals surface area contributed by atoms with Gasteiger partial charge in [-0.15, -0.1) is 0 Å². The number of carbonyl (C=O) groups is 2. The third-order valence-electron chi connectivity index (χ3n) is 4.73. The zero-order valence-electron chi connectivity index (χ0n) is 16.6. The Bertz CT molecular complexity index is 957. The van der Waals surface area contributed by atoms with Gasteiger partial charge >= 0.3 is 0 Å². The lowest BCUT2D eigenvalue weighted by molar-refractivity contribution is -0.129. The van der Waals surface area contributed by atoms with Crippen molar-refractivity contribution in [2.45, 2.75) is 6.92 Å². The number of hydrogen-bond acceptors (Lipinski definition) is 4. The van der Waals surface area contributed by atoms with Crippen LogP contribution in [0, 0.1) is 0 Å². The van der Waals surface area contributed by atoms with Crippen molar-refractivity contribution < 1.29 is 9.59 Å². The molecule has 0 saturated carbocycles. The molecule has 0 aromatic heterocycles. The van der Waals surface area contributed by atoms with E-state index in [0.29, 0.717) is 23.8 Å². The summed E-state index contributed by atoms with van der Waals surface area (Å²) in [6.07, 6.45) is 3.15. The highest BCUT2D eigenvalue weighted by atomic mass is 35.5. The molecule has 6 nitrogen and oxygen atoms in total. The standard InChI is InChI=1S/C22H23ClN4O2S/c1-16(28)26-11-13-27(14-12-26)20-9-8-18(15-19(20)23)24-22(30)25-21(29)10-7-17-5-3-2-4-6-17/h2-10,15H,11-14H2,1H3,(H2,24,25,29,30)/b10-7+. The molecule has 2 aromatic carbocycles. The van der Waals surface area contributed by atoms with Gasteiger partial charge in [-0.1, -0.05) is 41.9 Å². The van der Waals surface area contributed by atoms with Crippen LogP contribution >= 0.6 is 23.8 Å². The largest absolute Gasteiger partial charge is 0.367 e. The molecule has 0 spiro atoms. The predicted molar refractivity (Wildman–Crippen MR) is 126 cm³/mol. The van der Waals surface area contributed by atoms with Crippen molar-refractivity contribution in [3.63, 3.8) is 0 Å². The van der Waals surface area contributed by atoms with Crippen LogP contribution in [0.25, 0.3) is 6.08 Å². The second-order valence-electron chi connectivity index (χ2n) is 6.85. The molecular weight excluding hydrogens is 420 g/mol. The number of anilines is 2. The van der Waals surface area contributed by atoms with E-state index in [1.165, 1.54) is 6.08 Å². The van der Waals surface area contributed by atoms with Gasteiger partial charge in [-0.2, -0.15) is 0 Å². The Morgan fingerprint density at radius 3 is 2.40 bits per heavy atom. The van der Waals surface area contributed by atoms with Crippen LogP contribution in [0.15, 0.2) is 54.6 Å². The lowest BCUT2D eigenvalue weighted by atomic mass is 10.2. The molecule has 0 atom stereocenters. The summed E-state index contributed by atoms with van der Waals surface area (Å²) in [5, 5.41) is 6.36. The summed E-state index contributed by atoms with van der Waals surface area (Å²) >= 11 is 11.7. The second-order valence-corrected chi connectivity index (χ2v) is 7.66. The van der Waals surface area contributed by atoms with E-state index in [2.05, 4.69) is 15.5 Å². The van der Waals surface area contributed by atoms with E-state index in [1.54, 1.807) is 19.1 Å². The minimum absolute atomic E-state index is 0.0921. The summed E-state index contributed by atoms with van der Waals surface area (Å²) in [6, 6.07) is 15.1. The van der Waals surface area contributed by atoms with E-state index in [9.17, 15) is 9.59 Å². The molecule has 0 aliphatic carbocycles. The van der Waals surface area contributed by atoms with E-state index in [0.717, 1.165) is 24.3 Å². The molecule has 2 aromatic rings. The molecule has 1 aliphatic rings. The second kappa shape index (κ2) is 10.2. The van der Waals surface area contributed by atoms with Gasteiger partial charge in [-0.25, -0.2) is 0 Å². The van der Waals surface area contributed by atoms with Gasteiger partial charge in [0.1, 0.15) is 0 Å². The Morgan fingerprint density at radius 2 is 1.77 bits per heavy atom. The molecule has 3 rings (SSSR count). The Kier molecular flexibility index (Phi) is 7.43. The minimum atomic E-state index is -0.317. The summed E-state index contributed by atoms with van der Waals surface area (Å²) in [4.78, 5) is 27.5. The van der Waals surface area contributed by atoms with Crippen LogP contribution in [0.4, 0.5) is 11.4 Å². The SMILES string of the molecule is CC(=O)N1CCN(c2ccc(NC(=S)NC(=O)/C=C/c3ccccc3)cc2Cl)CC1. The fourth-order valence-corrected chi connectivity index (χ4v) is 3.67.